The zero-order valence-corrected chi connectivity index (χ0v) is 12.7. The van der Waals surface area contributed by atoms with Crippen molar-refractivity contribution in [2.75, 3.05) is 13.2 Å². The van der Waals surface area contributed by atoms with Crippen molar-refractivity contribution >= 4 is 46.7 Å². The van der Waals surface area contributed by atoms with Gasteiger partial charge >= 0.3 is 11.9 Å². The minimum atomic E-state index is -2.11. The second kappa shape index (κ2) is 6.82. The molecular weight excluding hydrogens is 314 g/mol. The van der Waals surface area contributed by atoms with Gasteiger partial charge in [0.1, 0.15) is 13.2 Å². The quantitative estimate of drug-likeness (QED) is 0.344. The fraction of sp³-hybridized carbons (Fsp3) is 0.667. The molecule has 0 saturated carbocycles. The molecule has 0 aliphatic heterocycles. The highest BCUT2D eigenvalue weighted by atomic mass is 35.6. The van der Waals surface area contributed by atoms with Gasteiger partial charge in [0, 0.05) is 0 Å². The number of halogens is 3. The maximum atomic E-state index is 11.9. The molecule has 0 bridgehead atoms. The van der Waals surface area contributed by atoms with Crippen LogP contribution in [-0.4, -0.2) is 28.9 Å². The van der Waals surface area contributed by atoms with Crippen molar-refractivity contribution in [2.24, 2.45) is 5.41 Å². The summed E-state index contributed by atoms with van der Waals surface area (Å²) >= 11 is 15.9. The molecule has 19 heavy (non-hydrogen) atoms. The number of hydrogen-bond donors (Lipinski definition) is 0. The number of ether oxygens (including phenoxy) is 2. The van der Waals surface area contributed by atoms with Crippen molar-refractivity contribution < 1.29 is 19.1 Å². The molecule has 1 unspecified atom stereocenters. The van der Waals surface area contributed by atoms with E-state index in [-0.39, 0.29) is 19.2 Å². The first-order chi connectivity index (χ1) is 8.76. The molecule has 1 atom stereocenters. The molecular formula is C12H15Cl3O4. The molecule has 0 N–H and O–H groups in total. The number of rotatable bonds is 4. The lowest BCUT2D eigenvalue weighted by molar-refractivity contribution is -0.160. The van der Waals surface area contributed by atoms with Crippen LogP contribution >= 0.6 is 34.8 Å². The monoisotopic (exact) mass is 328 g/mol. The van der Waals surface area contributed by atoms with E-state index in [9.17, 15) is 9.59 Å². The average Bonchev–Trinajstić information content (AvgIpc) is 2.33. The molecule has 4 nitrogen and oxygen atoms in total. The predicted molar refractivity (Wildman–Crippen MR) is 73.3 cm³/mol. The van der Waals surface area contributed by atoms with Crippen LogP contribution in [0.2, 0.25) is 0 Å². The molecule has 0 spiro atoms. The van der Waals surface area contributed by atoms with Crippen molar-refractivity contribution in [3.8, 4) is 0 Å². The van der Waals surface area contributed by atoms with E-state index in [0.29, 0.717) is 6.42 Å². The largest absolute Gasteiger partial charge is 0.462 e. The van der Waals surface area contributed by atoms with Gasteiger partial charge in [-0.25, -0.2) is 4.79 Å². The van der Waals surface area contributed by atoms with Gasteiger partial charge < -0.3 is 9.47 Å². The number of carbonyl (C=O) groups excluding carboxylic acids is 2. The van der Waals surface area contributed by atoms with E-state index >= 15 is 0 Å². The van der Waals surface area contributed by atoms with Gasteiger partial charge in [0.25, 0.3) is 3.79 Å². The minimum absolute atomic E-state index is 0.0510. The Morgan fingerprint density at radius 1 is 1.21 bits per heavy atom. The summed E-state index contributed by atoms with van der Waals surface area (Å²) in [5, 5.41) is 0. The summed E-state index contributed by atoms with van der Waals surface area (Å²) < 4.78 is 7.61. The fourth-order valence-electron chi connectivity index (χ4n) is 1.68. The summed E-state index contributed by atoms with van der Waals surface area (Å²) in [7, 11) is 0. The molecule has 0 fully saturated rings. The van der Waals surface area contributed by atoms with E-state index in [1.54, 1.807) is 0 Å². The highest BCUT2D eigenvalue weighted by Gasteiger charge is 2.35. The standard InChI is InChI=1S/C12H15Cl3O4/c1-11(5-3-2-4-6-11)9(16)18-7-8-19-10(17)12(13,14)15/h2-3H,4-8H2,1H3. The molecule has 0 amide bonds. The number of esters is 2. The van der Waals surface area contributed by atoms with Crippen molar-refractivity contribution in [1.29, 1.82) is 0 Å². The highest BCUT2D eigenvalue weighted by Crippen LogP contribution is 2.33. The molecule has 1 rings (SSSR count). The zero-order valence-electron chi connectivity index (χ0n) is 10.5. The molecule has 1 aliphatic carbocycles. The molecule has 0 aromatic heterocycles. The Kier molecular flexibility index (Phi) is 5.96. The minimum Gasteiger partial charge on any atom is -0.462 e. The lowest BCUT2D eigenvalue weighted by Crippen LogP contribution is -2.32. The van der Waals surface area contributed by atoms with Crippen LogP contribution in [0.4, 0.5) is 0 Å². The third-order valence-corrected chi connectivity index (χ3v) is 3.33. The molecule has 0 aromatic rings. The fourth-order valence-corrected chi connectivity index (χ4v) is 1.84. The second-order valence-corrected chi connectivity index (χ2v) is 6.83. The summed E-state index contributed by atoms with van der Waals surface area (Å²) in [5.41, 5.74) is -0.506. The van der Waals surface area contributed by atoms with Crippen molar-refractivity contribution in [2.45, 2.75) is 30.0 Å². The average molecular weight is 330 g/mol. The topological polar surface area (TPSA) is 52.6 Å². The summed E-state index contributed by atoms with van der Waals surface area (Å²) in [4.78, 5) is 23.0. The Morgan fingerprint density at radius 3 is 2.37 bits per heavy atom. The van der Waals surface area contributed by atoms with Gasteiger partial charge in [0.15, 0.2) is 0 Å². The van der Waals surface area contributed by atoms with E-state index in [1.807, 2.05) is 19.1 Å². The Labute approximate surface area is 127 Å². The van der Waals surface area contributed by atoms with Gasteiger partial charge in [-0.15, -0.1) is 0 Å². The van der Waals surface area contributed by atoms with E-state index < -0.39 is 15.2 Å². The number of alkyl halides is 3. The van der Waals surface area contributed by atoms with Gasteiger partial charge in [-0.3, -0.25) is 4.79 Å². The summed E-state index contributed by atoms with van der Waals surface area (Å²) in [6, 6.07) is 0. The third-order valence-electron chi connectivity index (χ3n) is 2.87. The molecule has 0 radical (unpaired) electrons. The maximum Gasteiger partial charge on any atom is 0.358 e. The zero-order chi connectivity index (χ0) is 14.5. The molecule has 7 heteroatoms. The van der Waals surface area contributed by atoms with Crippen molar-refractivity contribution in [1.82, 2.24) is 0 Å². The first kappa shape index (κ1) is 16.6. The SMILES string of the molecule is CC1(C(=O)OCCOC(=O)C(Cl)(Cl)Cl)CC=CCC1. The first-order valence-electron chi connectivity index (χ1n) is 5.82. The summed E-state index contributed by atoms with van der Waals surface area (Å²) in [5.74, 6) is -1.29. The van der Waals surface area contributed by atoms with Crippen molar-refractivity contribution in [3.63, 3.8) is 0 Å². The Bertz CT molecular complexity index is 376. The Hall–Kier alpha value is -0.450. The molecule has 0 aromatic carbocycles. The van der Waals surface area contributed by atoms with E-state index in [1.165, 1.54) is 0 Å². The maximum absolute atomic E-state index is 11.9. The summed E-state index contributed by atoms with van der Waals surface area (Å²) in [6.45, 7) is 1.67. The van der Waals surface area contributed by atoms with E-state index in [0.717, 1.165) is 12.8 Å². The molecule has 0 saturated heterocycles. The van der Waals surface area contributed by atoms with E-state index in [4.69, 9.17) is 39.5 Å². The molecule has 1 aliphatic rings. The van der Waals surface area contributed by atoms with Crippen LogP contribution in [0, 0.1) is 5.41 Å². The lowest BCUT2D eigenvalue weighted by Gasteiger charge is -2.28. The van der Waals surface area contributed by atoms with Crippen LogP contribution < -0.4 is 0 Å². The Balaban J connectivity index is 2.28. The predicted octanol–water partition coefficient (Wildman–Crippen LogP) is 3.19. The van der Waals surface area contributed by atoms with Crippen LogP contribution in [0.1, 0.15) is 26.2 Å². The molecule has 0 heterocycles. The molecule has 108 valence electrons. The van der Waals surface area contributed by atoms with Gasteiger partial charge in [0.05, 0.1) is 5.41 Å². The normalized spacial score (nSPS) is 22.9. The van der Waals surface area contributed by atoms with Crippen molar-refractivity contribution in [3.05, 3.63) is 12.2 Å². The van der Waals surface area contributed by atoms with Crippen LogP contribution in [0.3, 0.4) is 0 Å². The summed E-state index contributed by atoms with van der Waals surface area (Å²) in [6.07, 6.45) is 6.26. The van der Waals surface area contributed by atoms with Crippen LogP contribution in [0.5, 0.6) is 0 Å². The van der Waals surface area contributed by atoms with Gasteiger partial charge in [0.2, 0.25) is 0 Å². The number of allylic oxidation sites excluding steroid dienone is 2. The van der Waals surface area contributed by atoms with Crippen LogP contribution in [0.25, 0.3) is 0 Å². The van der Waals surface area contributed by atoms with E-state index in [2.05, 4.69) is 4.74 Å². The van der Waals surface area contributed by atoms with Crippen LogP contribution in [-0.2, 0) is 19.1 Å². The Morgan fingerprint density at radius 2 is 1.84 bits per heavy atom. The lowest BCUT2D eigenvalue weighted by atomic mass is 9.79. The highest BCUT2D eigenvalue weighted by molar-refractivity contribution is 6.75. The van der Waals surface area contributed by atoms with Crippen LogP contribution in [0.15, 0.2) is 12.2 Å². The number of carbonyl (C=O) groups is 2. The first-order valence-corrected chi connectivity index (χ1v) is 6.95. The third kappa shape index (κ3) is 5.21. The van der Waals surface area contributed by atoms with Gasteiger partial charge in [-0.05, 0) is 26.2 Å². The smallest absolute Gasteiger partial charge is 0.358 e. The van der Waals surface area contributed by atoms with Gasteiger partial charge in [-0.2, -0.15) is 0 Å². The second-order valence-electron chi connectivity index (χ2n) is 4.54. The number of hydrogen-bond acceptors (Lipinski definition) is 4. The van der Waals surface area contributed by atoms with Gasteiger partial charge in [-0.1, -0.05) is 47.0 Å².